The maximum absolute atomic E-state index is 13.7. The Balaban J connectivity index is 2.16. The molecule has 0 aliphatic heterocycles. The van der Waals surface area contributed by atoms with Crippen molar-refractivity contribution in [3.05, 3.63) is 72.4 Å². The van der Waals surface area contributed by atoms with Gasteiger partial charge in [0.15, 0.2) is 0 Å². The van der Waals surface area contributed by atoms with Crippen molar-refractivity contribution in [2.45, 2.75) is 11.4 Å². The minimum Gasteiger partial charge on any atom is -0.465 e. The molecule has 1 amide bonds. The third-order valence-electron chi connectivity index (χ3n) is 3.90. The first-order chi connectivity index (χ1) is 12.8. The third kappa shape index (κ3) is 3.82. The molecule has 0 bridgehead atoms. The van der Waals surface area contributed by atoms with Crippen molar-refractivity contribution in [3.63, 3.8) is 0 Å². The van der Waals surface area contributed by atoms with Gasteiger partial charge in [-0.2, -0.15) is 0 Å². The Morgan fingerprint density at radius 1 is 1.26 bits per heavy atom. The van der Waals surface area contributed by atoms with E-state index in [9.17, 15) is 17.6 Å². The number of hydrogen-bond donors (Lipinski definition) is 1. The van der Waals surface area contributed by atoms with Crippen molar-refractivity contribution in [2.24, 2.45) is 0 Å². The average molecular weight is 389 g/mol. The zero-order chi connectivity index (χ0) is 19.6. The topological polar surface area (TPSA) is 92.5 Å². The molecule has 0 spiro atoms. The van der Waals surface area contributed by atoms with Gasteiger partial charge in [0.25, 0.3) is 10.0 Å². The lowest BCUT2D eigenvalue weighted by molar-refractivity contribution is 0.154. The van der Waals surface area contributed by atoms with Crippen molar-refractivity contribution in [2.75, 3.05) is 7.05 Å². The lowest BCUT2D eigenvalue weighted by Gasteiger charge is -2.11. The van der Waals surface area contributed by atoms with E-state index in [1.165, 1.54) is 62.0 Å². The Labute approximate surface area is 155 Å². The van der Waals surface area contributed by atoms with Gasteiger partial charge in [0.05, 0.1) is 12.2 Å². The van der Waals surface area contributed by atoms with E-state index in [2.05, 4.69) is 4.98 Å². The number of hydrogen-bond acceptors (Lipinski definition) is 4. The van der Waals surface area contributed by atoms with Gasteiger partial charge in [-0.25, -0.2) is 21.6 Å². The maximum Gasteiger partial charge on any atom is 0.407 e. The highest BCUT2D eigenvalue weighted by atomic mass is 32.2. The van der Waals surface area contributed by atoms with Crippen LogP contribution in [0.5, 0.6) is 0 Å². The number of amides is 1. The van der Waals surface area contributed by atoms with E-state index in [4.69, 9.17) is 5.11 Å². The van der Waals surface area contributed by atoms with Crippen LogP contribution in [-0.4, -0.2) is 40.5 Å². The van der Waals surface area contributed by atoms with Crippen LogP contribution < -0.4 is 0 Å². The van der Waals surface area contributed by atoms with E-state index in [1.807, 2.05) is 0 Å². The Kier molecular flexibility index (Phi) is 4.95. The molecule has 0 aliphatic carbocycles. The van der Waals surface area contributed by atoms with Gasteiger partial charge in [-0.15, -0.1) is 0 Å². The summed E-state index contributed by atoms with van der Waals surface area (Å²) in [6, 6.07) is 9.96. The molecule has 0 aliphatic rings. The SMILES string of the molecule is CN(Cc1cc(-c2cccc(F)c2)n(S(=O)(=O)c2cccnc2)c1)C(=O)O. The Morgan fingerprint density at radius 2 is 2.04 bits per heavy atom. The molecule has 1 N–H and O–H groups in total. The number of nitrogens with zero attached hydrogens (tertiary/aromatic N) is 3. The second-order valence-electron chi connectivity index (χ2n) is 5.87. The zero-order valence-electron chi connectivity index (χ0n) is 14.3. The van der Waals surface area contributed by atoms with Gasteiger partial charge in [0.1, 0.15) is 10.7 Å². The van der Waals surface area contributed by atoms with Crippen molar-refractivity contribution in [3.8, 4) is 11.3 Å². The van der Waals surface area contributed by atoms with Gasteiger partial charge in [0, 0.05) is 31.2 Å². The predicted molar refractivity (Wildman–Crippen MR) is 96.1 cm³/mol. The van der Waals surface area contributed by atoms with E-state index in [1.54, 1.807) is 6.07 Å². The van der Waals surface area contributed by atoms with Gasteiger partial charge < -0.3 is 10.0 Å². The fourth-order valence-electron chi connectivity index (χ4n) is 2.60. The van der Waals surface area contributed by atoms with E-state index in [-0.39, 0.29) is 17.1 Å². The summed E-state index contributed by atoms with van der Waals surface area (Å²) < 4.78 is 40.8. The minimum absolute atomic E-state index is 0.0206. The average Bonchev–Trinajstić information content (AvgIpc) is 3.07. The summed E-state index contributed by atoms with van der Waals surface area (Å²) in [7, 11) is -2.63. The number of halogens is 1. The van der Waals surface area contributed by atoms with Crippen LogP contribution >= 0.6 is 0 Å². The third-order valence-corrected chi connectivity index (χ3v) is 5.56. The summed E-state index contributed by atoms with van der Waals surface area (Å²) in [4.78, 5) is 15.9. The molecule has 0 radical (unpaired) electrons. The molecule has 0 unspecified atom stereocenters. The Bertz CT molecular complexity index is 1080. The predicted octanol–water partition coefficient (Wildman–Crippen LogP) is 3.04. The van der Waals surface area contributed by atoms with Gasteiger partial charge >= 0.3 is 6.09 Å². The number of carbonyl (C=O) groups is 1. The fourth-order valence-corrected chi connectivity index (χ4v) is 3.96. The highest BCUT2D eigenvalue weighted by Gasteiger charge is 2.23. The number of pyridine rings is 1. The normalized spacial score (nSPS) is 11.3. The van der Waals surface area contributed by atoms with Crippen LogP contribution in [0.25, 0.3) is 11.3 Å². The number of rotatable bonds is 5. The summed E-state index contributed by atoms with van der Waals surface area (Å²) in [6.07, 6.45) is 2.86. The number of benzene rings is 1. The van der Waals surface area contributed by atoms with Gasteiger partial charge in [-0.05, 0) is 35.9 Å². The maximum atomic E-state index is 13.7. The molecule has 0 saturated carbocycles. The molecule has 3 aromatic rings. The molecule has 2 aromatic heterocycles. The summed E-state index contributed by atoms with van der Waals surface area (Å²) in [5.74, 6) is -0.511. The minimum atomic E-state index is -4.00. The molecule has 27 heavy (non-hydrogen) atoms. The summed E-state index contributed by atoms with van der Waals surface area (Å²) in [5.41, 5.74) is 1.03. The van der Waals surface area contributed by atoms with Crippen molar-refractivity contribution >= 4 is 16.1 Å². The lowest BCUT2D eigenvalue weighted by atomic mass is 10.1. The molecule has 1 aromatic carbocycles. The second kappa shape index (κ2) is 7.20. The molecule has 3 rings (SSSR count). The van der Waals surface area contributed by atoms with Crippen molar-refractivity contribution in [1.82, 2.24) is 13.9 Å². The Hall–Kier alpha value is -3.20. The van der Waals surface area contributed by atoms with Crippen LogP contribution in [0.1, 0.15) is 5.56 Å². The van der Waals surface area contributed by atoms with Crippen LogP contribution in [0.2, 0.25) is 0 Å². The highest BCUT2D eigenvalue weighted by molar-refractivity contribution is 7.90. The summed E-state index contributed by atoms with van der Waals surface area (Å²) >= 11 is 0. The lowest BCUT2D eigenvalue weighted by Crippen LogP contribution is -2.23. The zero-order valence-corrected chi connectivity index (χ0v) is 15.1. The molecule has 0 fully saturated rings. The second-order valence-corrected chi connectivity index (χ2v) is 7.69. The van der Waals surface area contributed by atoms with Crippen LogP contribution in [0, 0.1) is 5.82 Å². The molecule has 9 heteroatoms. The van der Waals surface area contributed by atoms with E-state index in [0.29, 0.717) is 11.1 Å². The van der Waals surface area contributed by atoms with Gasteiger partial charge in [0.2, 0.25) is 0 Å². The smallest absolute Gasteiger partial charge is 0.407 e. The van der Waals surface area contributed by atoms with Gasteiger partial charge in [-0.1, -0.05) is 12.1 Å². The molecule has 7 nitrogen and oxygen atoms in total. The summed E-state index contributed by atoms with van der Waals surface area (Å²) in [6.45, 7) is -0.0206. The van der Waals surface area contributed by atoms with Crippen LogP contribution in [-0.2, 0) is 16.6 Å². The number of carboxylic acid groups (broad SMARTS) is 1. The van der Waals surface area contributed by atoms with E-state index >= 15 is 0 Å². The van der Waals surface area contributed by atoms with Crippen LogP contribution in [0.4, 0.5) is 9.18 Å². The fraction of sp³-hybridized carbons (Fsp3) is 0.111. The summed E-state index contributed by atoms with van der Waals surface area (Å²) in [5, 5.41) is 9.05. The number of aromatic nitrogens is 2. The molecular weight excluding hydrogens is 373 g/mol. The molecule has 2 heterocycles. The molecular formula is C18H16FN3O4S. The first-order valence-corrected chi connectivity index (χ1v) is 9.30. The molecule has 0 atom stereocenters. The molecule has 0 saturated heterocycles. The van der Waals surface area contributed by atoms with Crippen LogP contribution in [0.15, 0.2) is 66.0 Å². The quantitative estimate of drug-likeness (QED) is 0.724. The Morgan fingerprint density at radius 3 is 2.67 bits per heavy atom. The van der Waals surface area contributed by atoms with E-state index < -0.39 is 21.9 Å². The van der Waals surface area contributed by atoms with Crippen molar-refractivity contribution in [1.29, 1.82) is 0 Å². The van der Waals surface area contributed by atoms with Crippen LogP contribution in [0.3, 0.4) is 0 Å². The largest absolute Gasteiger partial charge is 0.465 e. The highest BCUT2D eigenvalue weighted by Crippen LogP contribution is 2.28. The first-order valence-electron chi connectivity index (χ1n) is 7.86. The van der Waals surface area contributed by atoms with E-state index in [0.717, 1.165) is 8.87 Å². The standard InChI is InChI=1S/C18H16FN3O4S/c1-21(18(23)24)11-13-8-17(14-4-2-5-15(19)9-14)22(12-13)27(25,26)16-6-3-7-20-10-16/h2-10,12H,11H2,1H3,(H,23,24). The molecule has 140 valence electrons. The van der Waals surface area contributed by atoms with Gasteiger partial charge in [-0.3, -0.25) is 4.98 Å². The monoisotopic (exact) mass is 389 g/mol. The first kappa shape index (κ1) is 18.6. The van der Waals surface area contributed by atoms with Crippen molar-refractivity contribution < 1.29 is 22.7 Å².